The molecule has 1 atom stereocenters. The van der Waals surface area contributed by atoms with E-state index in [1.165, 1.54) is 44.9 Å². The van der Waals surface area contributed by atoms with Gasteiger partial charge in [-0.2, -0.15) is 0 Å². The molecule has 2 heteroatoms. The Morgan fingerprint density at radius 1 is 1.24 bits per heavy atom. The van der Waals surface area contributed by atoms with Gasteiger partial charge in [0.15, 0.2) is 0 Å². The van der Waals surface area contributed by atoms with Gasteiger partial charge in [0.05, 0.1) is 0 Å². The average molecular weight is 241 g/mol. The molecule has 0 bridgehead atoms. The summed E-state index contributed by atoms with van der Waals surface area (Å²) in [6.07, 6.45) is 10.8. The zero-order valence-electron chi connectivity index (χ0n) is 11.8. The molecule has 1 fully saturated rings. The second-order valence-corrected chi connectivity index (χ2v) is 5.61. The van der Waals surface area contributed by atoms with Gasteiger partial charge in [-0.05, 0) is 38.1 Å². The Kier molecular flexibility index (Phi) is 8.72. The molecule has 0 amide bonds. The molecule has 1 aliphatic rings. The van der Waals surface area contributed by atoms with E-state index in [4.69, 9.17) is 4.74 Å². The smallest absolute Gasteiger partial charge is 0.0491 e. The third-order valence-electron chi connectivity index (χ3n) is 3.69. The minimum atomic E-state index is 0.728. The fourth-order valence-electron chi connectivity index (χ4n) is 2.65. The van der Waals surface area contributed by atoms with Crippen molar-refractivity contribution in [3.8, 4) is 0 Å². The van der Waals surface area contributed by atoms with Crippen molar-refractivity contribution in [3.05, 3.63) is 0 Å². The number of ether oxygens (including phenoxy) is 1. The van der Waals surface area contributed by atoms with E-state index in [-0.39, 0.29) is 0 Å². The molecule has 0 aliphatic heterocycles. The molecule has 0 heterocycles. The first-order chi connectivity index (χ1) is 8.33. The standard InChI is InChI=1S/C15H31NO/c1-3-8-14(2)13-17-12-7-11-16-15-9-5-4-6-10-15/h14-16H,3-13H2,1-2H3. The van der Waals surface area contributed by atoms with E-state index in [2.05, 4.69) is 19.2 Å². The highest BCUT2D eigenvalue weighted by Crippen LogP contribution is 2.17. The summed E-state index contributed by atoms with van der Waals surface area (Å²) in [5.41, 5.74) is 0. The number of nitrogens with one attached hydrogen (secondary N) is 1. The quantitative estimate of drug-likeness (QED) is 0.621. The fraction of sp³-hybridized carbons (Fsp3) is 1.00. The summed E-state index contributed by atoms with van der Waals surface area (Å²) in [6, 6.07) is 0.794. The van der Waals surface area contributed by atoms with Crippen LogP contribution in [-0.4, -0.2) is 25.8 Å². The molecular formula is C15H31NO. The summed E-state index contributed by atoms with van der Waals surface area (Å²) in [7, 11) is 0. The van der Waals surface area contributed by atoms with Crippen LogP contribution >= 0.6 is 0 Å². The highest BCUT2D eigenvalue weighted by molar-refractivity contribution is 4.71. The van der Waals surface area contributed by atoms with Gasteiger partial charge in [0.1, 0.15) is 0 Å². The molecule has 102 valence electrons. The first-order valence-electron chi connectivity index (χ1n) is 7.64. The predicted octanol–water partition coefficient (Wildman–Crippen LogP) is 3.75. The zero-order valence-corrected chi connectivity index (χ0v) is 11.8. The van der Waals surface area contributed by atoms with Crippen molar-refractivity contribution in [2.75, 3.05) is 19.8 Å². The third kappa shape index (κ3) is 7.77. The van der Waals surface area contributed by atoms with E-state index < -0.39 is 0 Å². The van der Waals surface area contributed by atoms with E-state index >= 15 is 0 Å². The van der Waals surface area contributed by atoms with Crippen LogP contribution in [0.1, 0.15) is 65.2 Å². The third-order valence-corrected chi connectivity index (χ3v) is 3.69. The van der Waals surface area contributed by atoms with Crippen LogP contribution in [0.5, 0.6) is 0 Å². The topological polar surface area (TPSA) is 21.3 Å². The Morgan fingerprint density at radius 3 is 2.71 bits per heavy atom. The monoisotopic (exact) mass is 241 g/mol. The molecule has 1 aliphatic carbocycles. The van der Waals surface area contributed by atoms with E-state index in [0.717, 1.165) is 38.1 Å². The van der Waals surface area contributed by atoms with Crippen LogP contribution in [0, 0.1) is 5.92 Å². The maximum absolute atomic E-state index is 5.70. The molecule has 17 heavy (non-hydrogen) atoms. The summed E-state index contributed by atoms with van der Waals surface area (Å²) in [6.45, 7) is 7.52. The van der Waals surface area contributed by atoms with Crippen molar-refractivity contribution >= 4 is 0 Å². The van der Waals surface area contributed by atoms with Gasteiger partial charge in [-0.25, -0.2) is 0 Å². The van der Waals surface area contributed by atoms with E-state index in [1.54, 1.807) is 0 Å². The molecule has 1 N–H and O–H groups in total. The van der Waals surface area contributed by atoms with Gasteiger partial charge in [-0.1, -0.05) is 39.5 Å². The van der Waals surface area contributed by atoms with Crippen LogP contribution < -0.4 is 5.32 Å². The van der Waals surface area contributed by atoms with E-state index in [9.17, 15) is 0 Å². The van der Waals surface area contributed by atoms with Gasteiger partial charge in [0, 0.05) is 19.3 Å². The summed E-state index contributed by atoms with van der Waals surface area (Å²) >= 11 is 0. The van der Waals surface area contributed by atoms with Crippen LogP contribution in [0.2, 0.25) is 0 Å². The van der Waals surface area contributed by atoms with Crippen LogP contribution in [-0.2, 0) is 4.74 Å². The lowest BCUT2D eigenvalue weighted by molar-refractivity contribution is 0.0990. The van der Waals surface area contributed by atoms with Crippen LogP contribution in [0.3, 0.4) is 0 Å². The molecule has 0 spiro atoms. The Morgan fingerprint density at radius 2 is 2.00 bits per heavy atom. The second kappa shape index (κ2) is 9.90. The zero-order chi connectivity index (χ0) is 12.3. The van der Waals surface area contributed by atoms with Gasteiger partial charge in [0.2, 0.25) is 0 Å². The lowest BCUT2D eigenvalue weighted by Gasteiger charge is -2.22. The van der Waals surface area contributed by atoms with Crippen molar-refractivity contribution < 1.29 is 4.74 Å². The first-order valence-corrected chi connectivity index (χ1v) is 7.64. The van der Waals surface area contributed by atoms with Gasteiger partial charge in [0.25, 0.3) is 0 Å². The average Bonchev–Trinajstić information content (AvgIpc) is 2.35. The lowest BCUT2D eigenvalue weighted by Crippen LogP contribution is -2.32. The molecular weight excluding hydrogens is 210 g/mol. The normalized spacial score (nSPS) is 19.4. The maximum Gasteiger partial charge on any atom is 0.0491 e. The summed E-state index contributed by atoms with van der Waals surface area (Å²) in [5, 5.41) is 3.65. The van der Waals surface area contributed by atoms with E-state index in [0.29, 0.717) is 0 Å². The highest BCUT2D eigenvalue weighted by Gasteiger charge is 2.11. The van der Waals surface area contributed by atoms with Gasteiger partial charge >= 0.3 is 0 Å². The summed E-state index contributed by atoms with van der Waals surface area (Å²) < 4.78 is 5.70. The van der Waals surface area contributed by atoms with Crippen LogP contribution in [0.4, 0.5) is 0 Å². The van der Waals surface area contributed by atoms with Gasteiger partial charge in [-0.15, -0.1) is 0 Å². The molecule has 0 saturated heterocycles. The van der Waals surface area contributed by atoms with Gasteiger partial charge < -0.3 is 10.1 Å². The molecule has 1 saturated carbocycles. The molecule has 0 aromatic carbocycles. The minimum absolute atomic E-state index is 0.728. The number of hydrogen-bond acceptors (Lipinski definition) is 2. The molecule has 0 radical (unpaired) electrons. The minimum Gasteiger partial charge on any atom is -0.381 e. The van der Waals surface area contributed by atoms with Crippen molar-refractivity contribution in [2.24, 2.45) is 5.92 Å². The number of rotatable bonds is 9. The Balaban J connectivity index is 1.83. The Hall–Kier alpha value is -0.0800. The molecule has 1 rings (SSSR count). The van der Waals surface area contributed by atoms with Crippen molar-refractivity contribution in [1.29, 1.82) is 0 Å². The van der Waals surface area contributed by atoms with E-state index in [1.807, 2.05) is 0 Å². The number of hydrogen-bond donors (Lipinski definition) is 1. The molecule has 0 aromatic rings. The largest absolute Gasteiger partial charge is 0.381 e. The highest BCUT2D eigenvalue weighted by atomic mass is 16.5. The summed E-state index contributed by atoms with van der Waals surface area (Å²) in [4.78, 5) is 0. The second-order valence-electron chi connectivity index (χ2n) is 5.61. The lowest BCUT2D eigenvalue weighted by atomic mass is 9.95. The van der Waals surface area contributed by atoms with Crippen LogP contribution in [0.15, 0.2) is 0 Å². The van der Waals surface area contributed by atoms with Crippen molar-refractivity contribution in [1.82, 2.24) is 5.32 Å². The van der Waals surface area contributed by atoms with Crippen molar-refractivity contribution in [3.63, 3.8) is 0 Å². The van der Waals surface area contributed by atoms with Gasteiger partial charge in [-0.3, -0.25) is 0 Å². The maximum atomic E-state index is 5.70. The molecule has 1 unspecified atom stereocenters. The molecule has 0 aromatic heterocycles. The summed E-state index contributed by atoms with van der Waals surface area (Å²) in [5.74, 6) is 0.728. The Labute approximate surface area is 108 Å². The first kappa shape index (κ1) is 15.0. The fourth-order valence-corrected chi connectivity index (χ4v) is 2.65. The predicted molar refractivity (Wildman–Crippen MR) is 74.4 cm³/mol. The Bertz CT molecular complexity index is 166. The van der Waals surface area contributed by atoms with Crippen molar-refractivity contribution in [2.45, 2.75) is 71.3 Å². The SMILES string of the molecule is CCCC(C)COCCCNC1CCCCC1. The molecule has 2 nitrogen and oxygen atoms in total. The van der Waals surface area contributed by atoms with Crippen LogP contribution in [0.25, 0.3) is 0 Å².